The van der Waals surface area contributed by atoms with Gasteiger partial charge in [0, 0.05) is 50.2 Å². The van der Waals surface area contributed by atoms with E-state index in [0.717, 1.165) is 37.1 Å². The van der Waals surface area contributed by atoms with Crippen molar-refractivity contribution in [2.45, 2.75) is 18.9 Å². The van der Waals surface area contributed by atoms with E-state index >= 15 is 0 Å². The van der Waals surface area contributed by atoms with Crippen LogP contribution in [0.3, 0.4) is 0 Å². The fourth-order valence-electron chi connectivity index (χ4n) is 4.33. The second kappa shape index (κ2) is 7.97. The molecule has 8 nitrogen and oxygen atoms in total. The second-order valence-electron chi connectivity index (χ2n) is 7.71. The van der Waals surface area contributed by atoms with E-state index in [0.29, 0.717) is 29.3 Å². The molecule has 2 aliphatic rings. The van der Waals surface area contributed by atoms with Crippen LogP contribution in [0, 0.1) is 0 Å². The number of benzene rings is 1. The molecule has 2 aromatic rings. The van der Waals surface area contributed by atoms with Crippen LogP contribution in [0.5, 0.6) is 11.5 Å². The molecule has 2 saturated heterocycles. The summed E-state index contributed by atoms with van der Waals surface area (Å²) in [6.07, 6.45) is 2.59. The highest BCUT2D eigenvalue weighted by molar-refractivity contribution is 5.91. The van der Waals surface area contributed by atoms with Gasteiger partial charge in [0.05, 0.1) is 19.7 Å². The Morgan fingerprint density at radius 1 is 1.00 bits per heavy atom. The minimum Gasteiger partial charge on any atom is -0.493 e. The molecule has 3 heterocycles. The molecule has 2 fully saturated rings. The molecule has 1 unspecified atom stereocenters. The van der Waals surface area contributed by atoms with Gasteiger partial charge >= 0.3 is 0 Å². The fraction of sp³-hybridized carbons (Fsp3) is 0.600. The number of ether oxygens (including phenoxy) is 2. The van der Waals surface area contributed by atoms with Gasteiger partial charge in [0.2, 0.25) is 5.95 Å². The molecule has 152 valence electrons. The van der Waals surface area contributed by atoms with Crippen LogP contribution in [0.1, 0.15) is 12.8 Å². The smallest absolute Gasteiger partial charge is 0.227 e. The molecule has 1 atom stereocenters. The number of nitrogens with zero attached hydrogens (tertiary/aromatic N) is 5. The van der Waals surface area contributed by atoms with E-state index in [1.54, 1.807) is 14.2 Å². The fourth-order valence-corrected chi connectivity index (χ4v) is 4.33. The van der Waals surface area contributed by atoms with E-state index in [2.05, 4.69) is 26.7 Å². The summed E-state index contributed by atoms with van der Waals surface area (Å²) in [5, 5.41) is 0.783. The number of anilines is 2. The van der Waals surface area contributed by atoms with Crippen molar-refractivity contribution < 1.29 is 9.47 Å². The highest BCUT2D eigenvalue weighted by Gasteiger charge is 2.28. The molecule has 28 heavy (non-hydrogen) atoms. The summed E-state index contributed by atoms with van der Waals surface area (Å²) in [5.41, 5.74) is 7.02. The number of piperidine rings is 1. The largest absolute Gasteiger partial charge is 0.493 e. The van der Waals surface area contributed by atoms with Crippen molar-refractivity contribution in [2.75, 3.05) is 71.2 Å². The summed E-state index contributed by atoms with van der Waals surface area (Å²) < 4.78 is 10.8. The van der Waals surface area contributed by atoms with Crippen LogP contribution in [0.15, 0.2) is 12.1 Å². The van der Waals surface area contributed by atoms with Gasteiger partial charge in [0.25, 0.3) is 0 Å². The minimum atomic E-state index is 0.470. The average Bonchev–Trinajstić information content (AvgIpc) is 2.73. The number of hydrogen-bond acceptors (Lipinski definition) is 8. The number of nitrogen functional groups attached to an aromatic ring is 1. The predicted molar refractivity (Wildman–Crippen MR) is 111 cm³/mol. The van der Waals surface area contributed by atoms with Crippen LogP contribution < -0.4 is 20.1 Å². The summed E-state index contributed by atoms with van der Waals surface area (Å²) in [5.74, 6) is 2.43. The maximum Gasteiger partial charge on any atom is 0.227 e. The van der Waals surface area contributed by atoms with Crippen molar-refractivity contribution in [1.82, 2.24) is 19.8 Å². The number of likely N-dealkylation sites (N-methyl/N-ethyl adjacent to an activating group) is 1. The molecule has 1 aromatic heterocycles. The number of hydrogen-bond donors (Lipinski definition) is 1. The molecule has 0 saturated carbocycles. The number of aromatic nitrogens is 2. The lowest BCUT2D eigenvalue weighted by molar-refractivity contribution is 0.106. The van der Waals surface area contributed by atoms with Crippen molar-refractivity contribution in [2.24, 2.45) is 0 Å². The molecule has 0 bridgehead atoms. The number of likely N-dealkylation sites (tertiary alicyclic amines) is 1. The lowest BCUT2D eigenvalue weighted by Crippen LogP contribution is -2.54. The van der Waals surface area contributed by atoms with Crippen molar-refractivity contribution in [1.29, 1.82) is 0 Å². The number of piperazine rings is 1. The van der Waals surface area contributed by atoms with Gasteiger partial charge < -0.3 is 25.0 Å². The van der Waals surface area contributed by atoms with E-state index in [1.807, 2.05) is 12.1 Å². The second-order valence-corrected chi connectivity index (χ2v) is 7.71. The maximum absolute atomic E-state index is 6.25. The first kappa shape index (κ1) is 19.0. The van der Waals surface area contributed by atoms with Crippen LogP contribution in [0.2, 0.25) is 0 Å². The van der Waals surface area contributed by atoms with Gasteiger partial charge in [-0.25, -0.2) is 4.98 Å². The van der Waals surface area contributed by atoms with Gasteiger partial charge in [-0.15, -0.1) is 0 Å². The van der Waals surface area contributed by atoms with E-state index in [9.17, 15) is 0 Å². The standard InChI is InChI=1S/C20H30N6O2/c1-24-6-4-5-14(13-24)25-7-9-26(10-8-25)20-22-16-12-18(28-3)17(27-2)11-15(16)19(21)23-20/h11-12,14H,4-10,13H2,1-3H3,(H2,21,22,23). The zero-order valence-corrected chi connectivity index (χ0v) is 17.0. The summed E-state index contributed by atoms with van der Waals surface area (Å²) in [6, 6.07) is 4.37. The zero-order valence-electron chi connectivity index (χ0n) is 17.0. The third-order valence-electron chi connectivity index (χ3n) is 5.93. The molecule has 0 radical (unpaired) electrons. The van der Waals surface area contributed by atoms with E-state index in [1.165, 1.54) is 25.9 Å². The summed E-state index contributed by atoms with van der Waals surface area (Å²) >= 11 is 0. The third kappa shape index (κ3) is 3.66. The Bertz CT molecular complexity index is 837. The lowest BCUT2D eigenvalue weighted by atomic mass is 10.0. The highest BCUT2D eigenvalue weighted by Crippen LogP contribution is 2.34. The Hall–Kier alpha value is -2.32. The van der Waals surface area contributed by atoms with E-state index < -0.39 is 0 Å². The lowest BCUT2D eigenvalue weighted by Gasteiger charge is -2.42. The molecule has 2 N–H and O–H groups in total. The molecular weight excluding hydrogens is 356 g/mol. The van der Waals surface area contributed by atoms with Crippen LogP contribution in [0.25, 0.3) is 10.9 Å². The van der Waals surface area contributed by atoms with Crippen LogP contribution in [-0.2, 0) is 0 Å². The summed E-state index contributed by atoms with van der Waals surface area (Å²) in [4.78, 5) is 16.6. The Balaban J connectivity index is 1.52. The van der Waals surface area contributed by atoms with Gasteiger partial charge in [0.15, 0.2) is 11.5 Å². The van der Waals surface area contributed by atoms with Crippen molar-refractivity contribution in [3.8, 4) is 11.5 Å². The van der Waals surface area contributed by atoms with Gasteiger partial charge in [0.1, 0.15) is 5.82 Å². The van der Waals surface area contributed by atoms with Gasteiger partial charge in [-0.1, -0.05) is 0 Å². The summed E-state index contributed by atoms with van der Waals surface area (Å²) in [7, 11) is 5.45. The van der Waals surface area contributed by atoms with Gasteiger partial charge in [-0.05, 0) is 32.5 Å². The maximum atomic E-state index is 6.25. The third-order valence-corrected chi connectivity index (χ3v) is 5.93. The van der Waals surface area contributed by atoms with Gasteiger partial charge in [-0.3, -0.25) is 4.90 Å². The first-order valence-corrected chi connectivity index (χ1v) is 9.96. The van der Waals surface area contributed by atoms with E-state index in [4.69, 9.17) is 20.2 Å². The average molecular weight is 387 g/mol. The van der Waals surface area contributed by atoms with Crippen LogP contribution in [0.4, 0.5) is 11.8 Å². The molecule has 0 spiro atoms. The Morgan fingerprint density at radius 2 is 1.71 bits per heavy atom. The number of rotatable bonds is 4. The van der Waals surface area contributed by atoms with Crippen LogP contribution >= 0.6 is 0 Å². The van der Waals surface area contributed by atoms with Crippen molar-refractivity contribution in [3.63, 3.8) is 0 Å². The highest BCUT2D eigenvalue weighted by atomic mass is 16.5. The first-order chi connectivity index (χ1) is 13.6. The van der Waals surface area contributed by atoms with Gasteiger partial charge in [-0.2, -0.15) is 4.98 Å². The van der Waals surface area contributed by atoms with Crippen LogP contribution in [-0.4, -0.2) is 86.3 Å². The summed E-state index contributed by atoms with van der Waals surface area (Å²) in [6.45, 7) is 6.28. The van der Waals surface area contributed by atoms with E-state index in [-0.39, 0.29) is 0 Å². The zero-order chi connectivity index (χ0) is 19.7. The molecule has 2 aliphatic heterocycles. The molecule has 4 rings (SSSR count). The Kier molecular flexibility index (Phi) is 5.41. The number of fused-ring (bicyclic) bond motifs is 1. The topological polar surface area (TPSA) is 80.0 Å². The molecule has 0 amide bonds. The number of methoxy groups -OCH3 is 2. The monoisotopic (exact) mass is 386 g/mol. The SMILES string of the molecule is COc1cc2nc(N3CCN(C4CCCN(C)C4)CC3)nc(N)c2cc1OC. The normalized spacial score (nSPS) is 21.8. The molecule has 1 aromatic carbocycles. The molecular formula is C20H30N6O2. The predicted octanol–water partition coefficient (Wildman–Crippen LogP) is 1.45. The van der Waals surface area contributed by atoms with Crippen molar-refractivity contribution in [3.05, 3.63) is 12.1 Å². The minimum absolute atomic E-state index is 0.470. The van der Waals surface area contributed by atoms with Crippen molar-refractivity contribution >= 4 is 22.7 Å². The first-order valence-electron chi connectivity index (χ1n) is 9.96. The number of nitrogens with two attached hydrogens (primary N) is 1. The molecule has 8 heteroatoms. The Labute approximate surface area is 166 Å². The Morgan fingerprint density at radius 3 is 2.39 bits per heavy atom. The quantitative estimate of drug-likeness (QED) is 0.846. The molecule has 0 aliphatic carbocycles.